The lowest BCUT2D eigenvalue weighted by Gasteiger charge is -2.31. The molecule has 23 heteroatoms. The number of ether oxygens (including phenoxy) is 1. The van der Waals surface area contributed by atoms with E-state index in [-0.39, 0.29) is 112 Å². The monoisotopic (exact) mass is 1150 g/mol. The standard InChI is InChI=1S/C60H68FN7O15/c1-4-60(82)41-25-46-55-39(30-68(46)58(80)40(41)31-83-59(60)81)54-43(18-17-38-33(3)42(61)26-45(66-55)53(38)54)64-50(74)16-11-14-36(69)28-63-56(78)35(23-34-12-7-5-8-13-34)24-37(70)29-62-48(72)20-19-47(71)44(27-52(76)77)65-49(73)15-9-6-10-21-67-51(75)22-32(2)57(67)79/h5,7-8,12-13,25-26,32,35,43-44,82H,4,6,9-11,14-24,27-31H2,1-3H3,(H,62,72)(H,63,78)(H,64,74)(H,65,73)(H,76,77)/t32?,35-,43+,44+,60+/m1/s1. The lowest BCUT2D eigenvalue weighted by molar-refractivity contribution is -0.172. The number of esters is 1. The van der Waals surface area contributed by atoms with Gasteiger partial charge in [0.1, 0.15) is 12.4 Å². The summed E-state index contributed by atoms with van der Waals surface area (Å²) >= 11 is 0. The number of amides is 6. The number of hydrogen-bond donors (Lipinski definition) is 6. The fraction of sp³-hybridized carbons (Fsp3) is 0.483. The second-order valence-electron chi connectivity index (χ2n) is 22.0. The van der Waals surface area contributed by atoms with E-state index in [1.54, 1.807) is 57.2 Å². The number of carboxylic acid groups (broad SMARTS) is 1. The number of halogens is 1. The van der Waals surface area contributed by atoms with Crippen molar-refractivity contribution in [1.82, 2.24) is 35.7 Å². The second-order valence-corrected chi connectivity index (χ2v) is 22.0. The molecule has 6 N–H and O–H groups in total. The van der Waals surface area contributed by atoms with Crippen molar-refractivity contribution in [3.05, 3.63) is 97.6 Å². The van der Waals surface area contributed by atoms with Crippen LogP contribution in [0.5, 0.6) is 0 Å². The Hall–Kier alpha value is -8.34. The molecule has 8 rings (SSSR count). The number of rotatable bonds is 28. The number of carboxylic acids is 1. The summed E-state index contributed by atoms with van der Waals surface area (Å²) in [6, 6.07) is 9.71. The highest BCUT2D eigenvalue weighted by Crippen LogP contribution is 2.46. The number of aliphatic hydroxyl groups is 1. The van der Waals surface area contributed by atoms with Gasteiger partial charge in [0.15, 0.2) is 23.0 Å². The molecule has 4 aromatic rings. The number of pyridine rings is 2. The molecule has 1 aliphatic carbocycles. The van der Waals surface area contributed by atoms with E-state index in [9.17, 15) is 67.7 Å². The normalized spacial score (nSPS) is 18.3. The largest absolute Gasteiger partial charge is 0.481 e. The summed E-state index contributed by atoms with van der Waals surface area (Å²) in [6.07, 6.45) is 0.340. The van der Waals surface area contributed by atoms with Gasteiger partial charge in [-0.1, -0.05) is 50.6 Å². The van der Waals surface area contributed by atoms with E-state index < -0.39 is 109 Å². The molecule has 440 valence electrons. The fourth-order valence-corrected chi connectivity index (χ4v) is 11.5. The van der Waals surface area contributed by atoms with Crippen molar-refractivity contribution in [2.75, 3.05) is 19.6 Å². The number of carbonyl (C=O) groups excluding carboxylic acids is 10. The minimum atomic E-state index is -2.06. The van der Waals surface area contributed by atoms with Crippen molar-refractivity contribution in [1.29, 1.82) is 0 Å². The smallest absolute Gasteiger partial charge is 0.343 e. The summed E-state index contributed by atoms with van der Waals surface area (Å²) in [4.78, 5) is 161. The molecule has 5 heterocycles. The number of nitrogens with one attached hydrogen (secondary N) is 4. The number of hydrogen-bond acceptors (Lipinski definition) is 15. The van der Waals surface area contributed by atoms with Crippen LogP contribution in [0.4, 0.5) is 4.39 Å². The van der Waals surface area contributed by atoms with Crippen LogP contribution in [0.1, 0.15) is 149 Å². The maximum Gasteiger partial charge on any atom is 0.343 e. The second kappa shape index (κ2) is 26.3. The van der Waals surface area contributed by atoms with Gasteiger partial charge < -0.3 is 40.8 Å². The van der Waals surface area contributed by atoms with Crippen LogP contribution in [0, 0.1) is 24.6 Å². The Morgan fingerprint density at radius 3 is 2.29 bits per heavy atom. The van der Waals surface area contributed by atoms with Gasteiger partial charge in [-0.3, -0.25) is 57.6 Å². The van der Waals surface area contributed by atoms with E-state index >= 15 is 4.39 Å². The van der Waals surface area contributed by atoms with E-state index in [0.717, 1.165) is 11.1 Å². The number of unbranched alkanes of at least 4 members (excludes halogenated alkanes) is 2. The van der Waals surface area contributed by atoms with Crippen LogP contribution in [0.2, 0.25) is 0 Å². The maximum absolute atomic E-state index is 15.4. The van der Waals surface area contributed by atoms with Gasteiger partial charge in [-0.05, 0) is 80.2 Å². The summed E-state index contributed by atoms with van der Waals surface area (Å²) in [5.41, 5.74) is 1.95. The number of fused-ring (bicyclic) bond motifs is 5. The van der Waals surface area contributed by atoms with Crippen molar-refractivity contribution in [2.24, 2.45) is 11.8 Å². The van der Waals surface area contributed by atoms with Crippen LogP contribution in [-0.2, 0) is 89.1 Å². The predicted molar refractivity (Wildman–Crippen MR) is 294 cm³/mol. The molecule has 0 saturated carbocycles. The zero-order valence-electron chi connectivity index (χ0n) is 46.6. The Labute approximate surface area is 476 Å². The van der Waals surface area contributed by atoms with Crippen molar-refractivity contribution in [3.63, 3.8) is 0 Å². The van der Waals surface area contributed by atoms with Crippen LogP contribution in [-0.4, -0.2) is 115 Å². The van der Waals surface area contributed by atoms with Crippen molar-refractivity contribution < 1.29 is 72.1 Å². The van der Waals surface area contributed by atoms with E-state index in [1.807, 2.05) is 0 Å². The predicted octanol–water partition coefficient (Wildman–Crippen LogP) is 3.68. The van der Waals surface area contributed by atoms with Gasteiger partial charge in [0, 0.05) is 85.9 Å². The Morgan fingerprint density at radius 1 is 0.843 bits per heavy atom. The molecule has 2 aromatic heterocycles. The van der Waals surface area contributed by atoms with Crippen molar-refractivity contribution in [2.45, 2.75) is 154 Å². The van der Waals surface area contributed by atoms with Crippen molar-refractivity contribution >= 4 is 75.6 Å². The fourth-order valence-electron chi connectivity index (χ4n) is 11.5. The number of aromatic nitrogens is 2. The van der Waals surface area contributed by atoms with Crippen molar-refractivity contribution in [3.8, 4) is 11.4 Å². The number of benzene rings is 2. The first-order valence-corrected chi connectivity index (χ1v) is 28.2. The van der Waals surface area contributed by atoms with Gasteiger partial charge in [-0.2, -0.15) is 0 Å². The maximum atomic E-state index is 15.4. The van der Waals surface area contributed by atoms with Gasteiger partial charge in [0.25, 0.3) is 5.56 Å². The summed E-state index contributed by atoms with van der Waals surface area (Å²) in [6.45, 7) is 4.03. The van der Waals surface area contributed by atoms with Gasteiger partial charge >= 0.3 is 11.9 Å². The molecular weight excluding hydrogens is 1080 g/mol. The third kappa shape index (κ3) is 13.8. The average molecular weight is 1150 g/mol. The molecule has 83 heavy (non-hydrogen) atoms. The molecule has 22 nitrogen and oxygen atoms in total. The molecule has 1 fully saturated rings. The lowest BCUT2D eigenvalue weighted by Crippen LogP contribution is -2.44. The zero-order chi connectivity index (χ0) is 59.9. The van der Waals surface area contributed by atoms with E-state index in [1.165, 1.54) is 15.5 Å². The highest BCUT2D eigenvalue weighted by Gasteiger charge is 2.46. The number of ketones is 3. The first-order valence-electron chi connectivity index (χ1n) is 28.2. The Bertz CT molecular complexity index is 3380. The molecule has 0 spiro atoms. The molecule has 0 bridgehead atoms. The highest BCUT2D eigenvalue weighted by atomic mass is 19.1. The van der Waals surface area contributed by atoms with E-state index in [4.69, 9.17) is 9.72 Å². The van der Waals surface area contributed by atoms with Crippen LogP contribution < -0.4 is 26.8 Å². The number of cyclic esters (lactones) is 1. The molecule has 6 amide bonds. The number of aryl methyl sites for hydroxylation is 1. The van der Waals surface area contributed by atoms with Gasteiger partial charge in [0.2, 0.25) is 35.4 Å². The minimum Gasteiger partial charge on any atom is -0.481 e. The first-order chi connectivity index (χ1) is 39.6. The molecule has 5 atom stereocenters. The number of nitrogens with zero attached hydrogens (tertiary/aromatic N) is 3. The quantitative estimate of drug-likeness (QED) is 0.0236. The Morgan fingerprint density at radius 2 is 1.58 bits per heavy atom. The molecule has 1 unspecified atom stereocenters. The number of Topliss-reactive ketones (excluding diaryl/α,β-unsaturated/α-hetero) is 3. The molecule has 2 aromatic carbocycles. The average Bonchev–Trinajstić information content (AvgIpc) is 2.55. The minimum absolute atomic E-state index is 0.0440. The SMILES string of the molecule is CC[C@@]1(O)C(=O)OCc2c1cc1n(c2=O)Cc2c-1nc1cc(F)c(C)c3c1c2[C@@H](NC(=O)CCCC(=O)CNC(=O)[C@@H](CC(=O)CNC(=O)CCC(=O)[C@H](CC(=O)O)NC(=O)CCCCCN1C(=O)CC(C)C1=O)Cc1ccccc1)CC3. The van der Waals surface area contributed by atoms with Crippen LogP contribution in [0.15, 0.2) is 47.3 Å². The summed E-state index contributed by atoms with van der Waals surface area (Å²) < 4.78 is 22.1. The zero-order valence-corrected chi connectivity index (χ0v) is 46.6. The summed E-state index contributed by atoms with van der Waals surface area (Å²) in [5, 5.41) is 32.0. The van der Waals surface area contributed by atoms with Gasteiger partial charge in [0.05, 0.1) is 60.6 Å². The topological polar surface area (TPSA) is 324 Å². The van der Waals surface area contributed by atoms with E-state index in [2.05, 4.69) is 21.3 Å². The Balaban J connectivity index is 0.807. The number of carbonyl (C=O) groups is 11. The van der Waals surface area contributed by atoms with Gasteiger partial charge in [-0.25, -0.2) is 14.2 Å². The number of aliphatic carboxylic acids is 1. The lowest BCUT2D eigenvalue weighted by atomic mass is 9.81. The first kappa shape index (κ1) is 60.7. The molecular formula is C60H68FN7O15. The van der Waals surface area contributed by atoms with Gasteiger partial charge in [-0.15, -0.1) is 0 Å². The Kier molecular flexibility index (Phi) is 19.2. The molecule has 1 saturated heterocycles. The third-order valence-corrected chi connectivity index (χ3v) is 16.1. The van der Waals surface area contributed by atoms with E-state index in [0.29, 0.717) is 71.1 Å². The van der Waals surface area contributed by atoms with Crippen LogP contribution in [0.3, 0.4) is 0 Å². The van der Waals surface area contributed by atoms with Crippen LogP contribution in [0.25, 0.3) is 22.3 Å². The third-order valence-electron chi connectivity index (χ3n) is 16.1. The number of imide groups is 1. The molecule has 4 aliphatic rings. The molecule has 3 aliphatic heterocycles. The number of likely N-dealkylation sites (tertiary alicyclic amines) is 1. The summed E-state index contributed by atoms with van der Waals surface area (Å²) in [5.74, 6) is -8.37. The molecule has 0 radical (unpaired) electrons. The highest BCUT2D eigenvalue weighted by molar-refractivity contribution is 6.03. The summed E-state index contributed by atoms with van der Waals surface area (Å²) in [7, 11) is 0. The van der Waals surface area contributed by atoms with Crippen LogP contribution >= 0.6 is 0 Å².